The van der Waals surface area contributed by atoms with E-state index in [2.05, 4.69) is 30.3 Å². The van der Waals surface area contributed by atoms with Gasteiger partial charge in [0.2, 0.25) is 0 Å². The van der Waals surface area contributed by atoms with Crippen LogP contribution in [0.5, 0.6) is 5.75 Å². The molecule has 0 spiro atoms. The number of nitrogens with one attached hydrogen (secondary N) is 1. The Hall–Kier alpha value is -2.40. The lowest BCUT2D eigenvalue weighted by molar-refractivity contribution is -0.906. The fourth-order valence-corrected chi connectivity index (χ4v) is 3.69. The maximum atomic E-state index is 10.8. The highest BCUT2D eigenvalue weighted by atomic mass is 16.6. The quantitative estimate of drug-likeness (QED) is 0.450. The lowest BCUT2D eigenvalue weighted by Crippen LogP contribution is -3.13. The second kappa shape index (κ2) is 9.34. The van der Waals surface area contributed by atoms with Gasteiger partial charge in [0.25, 0.3) is 5.69 Å². The van der Waals surface area contributed by atoms with Gasteiger partial charge < -0.3 is 9.64 Å². The minimum absolute atomic E-state index is 0.0774. The summed E-state index contributed by atoms with van der Waals surface area (Å²) in [6, 6.07) is 17.2. The van der Waals surface area contributed by atoms with Crippen LogP contribution in [0.4, 0.5) is 5.69 Å². The van der Waals surface area contributed by atoms with Crippen LogP contribution in [-0.4, -0.2) is 31.2 Å². The zero-order valence-corrected chi connectivity index (χ0v) is 15.1. The monoisotopic (exact) mass is 355 g/mol. The Morgan fingerprint density at radius 1 is 1.08 bits per heavy atom. The zero-order chi connectivity index (χ0) is 18.2. The first-order chi connectivity index (χ1) is 12.7. The molecule has 0 atom stereocenters. The second-order valence-electron chi connectivity index (χ2n) is 7.09. The fraction of sp³-hybridized carbons (Fsp3) is 0.429. The highest BCUT2D eigenvalue weighted by Crippen LogP contribution is 2.19. The number of ether oxygens (including phenoxy) is 1. The first-order valence-electron chi connectivity index (χ1n) is 9.45. The summed E-state index contributed by atoms with van der Waals surface area (Å²) in [5.41, 5.74) is 1.53. The van der Waals surface area contributed by atoms with Crippen LogP contribution in [0, 0.1) is 16.0 Å². The van der Waals surface area contributed by atoms with Crippen LogP contribution < -0.4 is 9.64 Å². The number of piperidine rings is 1. The minimum atomic E-state index is -0.392. The molecule has 1 heterocycles. The number of hydrogen-bond acceptors (Lipinski definition) is 3. The molecule has 1 saturated heterocycles. The number of nitro benzene ring substituents is 1. The third-order valence-electron chi connectivity index (χ3n) is 5.15. The summed E-state index contributed by atoms with van der Waals surface area (Å²) in [5, 5.41) is 10.8. The molecule has 5 heteroatoms. The van der Waals surface area contributed by atoms with Crippen molar-refractivity contribution in [2.75, 3.05) is 26.2 Å². The van der Waals surface area contributed by atoms with Crippen molar-refractivity contribution in [3.05, 3.63) is 70.3 Å². The van der Waals surface area contributed by atoms with Gasteiger partial charge in [0.1, 0.15) is 5.75 Å². The van der Waals surface area contributed by atoms with Crippen molar-refractivity contribution in [2.45, 2.75) is 25.7 Å². The van der Waals surface area contributed by atoms with Crippen LogP contribution in [-0.2, 0) is 6.42 Å². The number of benzene rings is 2. The van der Waals surface area contributed by atoms with Crippen LogP contribution in [0.2, 0.25) is 0 Å². The molecular formula is C21H27N2O3+. The summed E-state index contributed by atoms with van der Waals surface area (Å²) in [7, 11) is 0. The van der Waals surface area contributed by atoms with Crippen molar-refractivity contribution in [1.29, 1.82) is 0 Å². The average molecular weight is 355 g/mol. The molecule has 26 heavy (non-hydrogen) atoms. The predicted octanol–water partition coefficient (Wildman–Crippen LogP) is 2.90. The van der Waals surface area contributed by atoms with Crippen molar-refractivity contribution < 1.29 is 14.6 Å². The third kappa shape index (κ3) is 5.56. The van der Waals surface area contributed by atoms with E-state index in [-0.39, 0.29) is 5.69 Å². The van der Waals surface area contributed by atoms with Crippen molar-refractivity contribution in [1.82, 2.24) is 0 Å². The maximum Gasteiger partial charge on any atom is 0.273 e. The first kappa shape index (κ1) is 18.4. The molecule has 1 fully saturated rings. The van der Waals surface area contributed by atoms with E-state index in [1.807, 2.05) is 0 Å². The number of non-ortho nitro benzene ring substituents is 1. The summed E-state index contributed by atoms with van der Waals surface area (Å²) in [6.45, 7) is 4.17. The Labute approximate surface area is 154 Å². The molecule has 3 rings (SSSR count). The fourth-order valence-electron chi connectivity index (χ4n) is 3.69. The highest BCUT2D eigenvalue weighted by Gasteiger charge is 2.21. The largest absolute Gasteiger partial charge is 0.493 e. The average Bonchev–Trinajstić information content (AvgIpc) is 2.67. The van der Waals surface area contributed by atoms with Gasteiger partial charge in [0.05, 0.1) is 37.2 Å². The Balaban J connectivity index is 1.33. The molecular weight excluding hydrogens is 328 g/mol. The molecule has 0 bridgehead atoms. The van der Waals surface area contributed by atoms with Crippen LogP contribution in [0.1, 0.15) is 24.8 Å². The van der Waals surface area contributed by atoms with Gasteiger partial charge in [-0.25, -0.2) is 0 Å². The SMILES string of the molecule is O=[N+]([O-])c1cccc(OCCC[NH+]2CCC(Cc3ccccc3)CC2)c1. The van der Waals surface area contributed by atoms with Crippen LogP contribution in [0.15, 0.2) is 54.6 Å². The number of nitro groups is 1. The van der Waals surface area contributed by atoms with E-state index >= 15 is 0 Å². The summed E-state index contributed by atoms with van der Waals surface area (Å²) in [6.07, 6.45) is 4.75. The van der Waals surface area contributed by atoms with E-state index in [9.17, 15) is 10.1 Å². The van der Waals surface area contributed by atoms with Gasteiger partial charge in [-0.05, 0) is 36.8 Å². The van der Waals surface area contributed by atoms with Crippen molar-refractivity contribution in [3.63, 3.8) is 0 Å². The van der Waals surface area contributed by atoms with Crippen molar-refractivity contribution in [2.24, 2.45) is 5.92 Å². The molecule has 2 aromatic rings. The van der Waals surface area contributed by atoms with Gasteiger partial charge in [-0.2, -0.15) is 0 Å². The number of nitrogens with zero attached hydrogens (tertiary/aromatic N) is 1. The van der Waals surface area contributed by atoms with E-state index in [0.29, 0.717) is 12.4 Å². The predicted molar refractivity (Wildman–Crippen MR) is 102 cm³/mol. The molecule has 0 amide bonds. The molecule has 0 saturated carbocycles. The molecule has 0 radical (unpaired) electrons. The van der Waals surface area contributed by atoms with Crippen LogP contribution in [0.3, 0.4) is 0 Å². The maximum absolute atomic E-state index is 10.8. The van der Waals surface area contributed by atoms with Gasteiger partial charge in [-0.1, -0.05) is 36.4 Å². The molecule has 1 aliphatic rings. The number of quaternary nitrogens is 1. The Bertz CT molecular complexity index is 697. The summed E-state index contributed by atoms with van der Waals surface area (Å²) < 4.78 is 5.67. The third-order valence-corrected chi connectivity index (χ3v) is 5.15. The highest BCUT2D eigenvalue weighted by molar-refractivity contribution is 5.37. The van der Waals surface area contributed by atoms with Gasteiger partial charge in [0, 0.05) is 12.5 Å². The molecule has 0 unspecified atom stereocenters. The molecule has 1 N–H and O–H groups in total. The number of rotatable bonds is 8. The van der Waals surface area contributed by atoms with Gasteiger partial charge in [-0.3, -0.25) is 10.1 Å². The second-order valence-corrected chi connectivity index (χ2v) is 7.09. The van der Waals surface area contributed by atoms with E-state index in [0.717, 1.165) is 18.9 Å². The Kier molecular flexibility index (Phi) is 6.61. The van der Waals surface area contributed by atoms with Crippen LogP contribution >= 0.6 is 0 Å². The Morgan fingerprint density at radius 3 is 2.58 bits per heavy atom. The van der Waals surface area contributed by atoms with Crippen molar-refractivity contribution in [3.8, 4) is 5.75 Å². The molecule has 5 nitrogen and oxygen atoms in total. The normalized spacial score (nSPS) is 19.8. The van der Waals surface area contributed by atoms with Gasteiger partial charge in [-0.15, -0.1) is 0 Å². The number of likely N-dealkylation sites (tertiary alicyclic amines) is 1. The van der Waals surface area contributed by atoms with Gasteiger partial charge in [0.15, 0.2) is 0 Å². The van der Waals surface area contributed by atoms with Crippen LogP contribution in [0.25, 0.3) is 0 Å². The molecule has 0 aromatic heterocycles. The first-order valence-corrected chi connectivity index (χ1v) is 9.45. The Morgan fingerprint density at radius 2 is 1.85 bits per heavy atom. The lowest BCUT2D eigenvalue weighted by atomic mass is 9.90. The molecule has 0 aliphatic carbocycles. The smallest absolute Gasteiger partial charge is 0.273 e. The lowest BCUT2D eigenvalue weighted by Gasteiger charge is -2.29. The minimum Gasteiger partial charge on any atom is -0.493 e. The van der Waals surface area contributed by atoms with E-state index in [4.69, 9.17) is 4.74 Å². The summed E-state index contributed by atoms with van der Waals surface area (Å²) >= 11 is 0. The molecule has 1 aliphatic heterocycles. The topological polar surface area (TPSA) is 56.8 Å². The zero-order valence-electron chi connectivity index (χ0n) is 15.1. The molecule has 2 aromatic carbocycles. The van der Waals surface area contributed by atoms with E-state index < -0.39 is 4.92 Å². The standard InChI is InChI=1S/C21H26N2O3/c24-23(25)20-8-4-9-21(17-20)26-15-5-12-22-13-10-19(11-14-22)16-18-6-2-1-3-7-18/h1-4,6-9,17,19H,5,10-16H2/p+1. The van der Waals surface area contributed by atoms with E-state index in [1.54, 1.807) is 17.0 Å². The summed E-state index contributed by atoms with van der Waals surface area (Å²) in [5.74, 6) is 1.39. The molecule has 138 valence electrons. The summed E-state index contributed by atoms with van der Waals surface area (Å²) in [4.78, 5) is 12.0. The number of hydrogen-bond donors (Lipinski definition) is 1. The van der Waals surface area contributed by atoms with Crippen molar-refractivity contribution >= 4 is 5.69 Å². The van der Waals surface area contributed by atoms with Gasteiger partial charge >= 0.3 is 0 Å². The van der Waals surface area contributed by atoms with E-state index in [1.165, 1.54) is 50.0 Å².